The van der Waals surface area contributed by atoms with Gasteiger partial charge in [-0.3, -0.25) is 4.72 Å². The summed E-state index contributed by atoms with van der Waals surface area (Å²) < 4.78 is 30.6. The SMILES string of the molecule is CC1(C)CCc2cc(NS(C)(=O)=O)ccc2O1. The molecular weight excluding hydrogens is 238 g/mol. The van der Waals surface area contributed by atoms with Gasteiger partial charge in [0, 0.05) is 5.69 Å². The van der Waals surface area contributed by atoms with Crippen LogP contribution < -0.4 is 9.46 Å². The Morgan fingerprint density at radius 3 is 2.71 bits per heavy atom. The standard InChI is InChI=1S/C12H17NO3S/c1-12(2)7-6-9-8-10(13-17(3,14)15)4-5-11(9)16-12/h4-5,8,13H,6-7H2,1-3H3. The minimum atomic E-state index is -3.22. The first-order valence-corrected chi connectivity index (χ1v) is 7.44. The molecule has 0 radical (unpaired) electrons. The van der Waals surface area contributed by atoms with Crippen LogP contribution in [0.1, 0.15) is 25.8 Å². The maximum Gasteiger partial charge on any atom is 0.229 e. The van der Waals surface area contributed by atoms with Crippen LogP contribution in [0.15, 0.2) is 18.2 Å². The van der Waals surface area contributed by atoms with Crippen molar-refractivity contribution in [3.63, 3.8) is 0 Å². The predicted molar refractivity (Wildman–Crippen MR) is 67.9 cm³/mol. The van der Waals surface area contributed by atoms with Gasteiger partial charge in [-0.15, -0.1) is 0 Å². The van der Waals surface area contributed by atoms with Gasteiger partial charge < -0.3 is 4.74 Å². The van der Waals surface area contributed by atoms with Crippen LogP contribution in [-0.4, -0.2) is 20.3 Å². The second-order valence-electron chi connectivity index (χ2n) is 5.06. The van der Waals surface area contributed by atoms with E-state index in [1.54, 1.807) is 6.07 Å². The third-order valence-electron chi connectivity index (χ3n) is 2.75. The van der Waals surface area contributed by atoms with E-state index >= 15 is 0 Å². The van der Waals surface area contributed by atoms with Gasteiger partial charge in [0.2, 0.25) is 10.0 Å². The molecule has 0 saturated heterocycles. The lowest BCUT2D eigenvalue weighted by molar-refractivity contribution is 0.0847. The van der Waals surface area contributed by atoms with Crippen molar-refractivity contribution < 1.29 is 13.2 Å². The number of fused-ring (bicyclic) bond motifs is 1. The lowest BCUT2D eigenvalue weighted by Gasteiger charge is -2.32. The molecule has 94 valence electrons. The van der Waals surface area contributed by atoms with E-state index in [-0.39, 0.29) is 5.60 Å². The Morgan fingerprint density at radius 2 is 2.06 bits per heavy atom. The molecule has 0 spiro atoms. The van der Waals surface area contributed by atoms with Crippen molar-refractivity contribution in [2.45, 2.75) is 32.3 Å². The summed E-state index contributed by atoms with van der Waals surface area (Å²) in [5, 5.41) is 0. The highest BCUT2D eigenvalue weighted by Crippen LogP contribution is 2.34. The monoisotopic (exact) mass is 255 g/mol. The Bertz CT molecular complexity index is 535. The first-order valence-electron chi connectivity index (χ1n) is 5.55. The fourth-order valence-corrected chi connectivity index (χ4v) is 2.49. The molecule has 2 rings (SSSR count). The molecule has 0 unspecified atom stereocenters. The second kappa shape index (κ2) is 3.91. The van der Waals surface area contributed by atoms with Gasteiger partial charge in [0.15, 0.2) is 0 Å². The number of anilines is 1. The van der Waals surface area contributed by atoms with Gasteiger partial charge in [0.05, 0.1) is 6.26 Å². The number of hydrogen-bond donors (Lipinski definition) is 1. The number of hydrogen-bond acceptors (Lipinski definition) is 3. The van der Waals surface area contributed by atoms with Crippen molar-refractivity contribution in [2.75, 3.05) is 11.0 Å². The van der Waals surface area contributed by atoms with E-state index in [0.717, 1.165) is 30.4 Å². The Morgan fingerprint density at radius 1 is 1.35 bits per heavy atom. The normalized spacial score (nSPS) is 18.1. The van der Waals surface area contributed by atoms with Crippen LogP contribution in [0.4, 0.5) is 5.69 Å². The molecule has 0 fully saturated rings. The van der Waals surface area contributed by atoms with Crippen molar-refractivity contribution in [3.8, 4) is 5.75 Å². The number of ether oxygens (including phenoxy) is 1. The van der Waals surface area contributed by atoms with E-state index in [2.05, 4.69) is 18.6 Å². The lowest BCUT2D eigenvalue weighted by Crippen LogP contribution is -2.32. The molecule has 0 aliphatic carbocycles. The number of sulfonamides is 1. The van der Waals surface area contributed by atoms with Gasteiger partial charge in [-0.25, -0.2) is 8.42 Å². The number of benzene rings is 1. The smallest absolute Gasteiger partial charge is 0.229 e. The molecule has 1 aliphatic heterocycles. The zero-order valence-electron chi connectivity index (χ0n) is 10.3. The Labute approximate surface area is 102 Å². The molecule has 1 N–H and O–H groups in total. The topological polar surface area (TPSA) is 55.4 Å². The van der Waals surface area contributed by atoms with Crippen LogP contribution in [0.5, 0.6) is 5.75 Å². The van der Waals surface area contributed by atoms with Gasteiger partial charge in [-0.2, -0.15) is 0 Å². The third kappa shape index (κ3) is 3.12. The van der Waals surface area contributed by atoms with Crippen LogP contribution in [0, 0.1) is 0 Å². The van der Waals surface area contributed by atoms with E-state index in [0.29, 0.717) is 5.69 Å². The lowest BCUT2D eigenvalue weighted by atomic mass is 9.94. The molecule has 1 heterocycles. The summed E-state index contributed by atoms with van der Waals surface area (Å²) in [6, 6.07) is 5.39. The molecule has 0 aromatic heterocycles. The van der Waals surface area contributed by atoms with Crippen molar-refractivity contribution in [2.24, 2.45) is 0 Å². The van der Waals surface area contributed by atoms with E-state index in [1.165, 1.54) is 0 Å². The fourth-order valence-electron chi connectivity index (χ4n) is 1.94. The molecule has 0 atom stereocenters. The maximum absolute atomic E-state index is 11.1. The Hall–Kier alpha value is -1.23. The summed E-state index contributed by atoms with van der Waals surface area (Å²) in [5.41, 5.74) is 1.51. The molecule has 0 saturated carbocycles. The summed E-state index contributed by atoms with van der Waals surface area (Å²) >= 11 is 0. The van der Waals surface area contributed by atoms with E-state index in [4.69, 9.17) is 4.74 Å². The highest BCUT2D eigenvalue weighted by Gasteiger charge is 2.26. The zero-order valence-corrected chi connectivity index (χ0v) is 11.1. The van der Waals surface area contributed by atoms with E-state index in [9.17, 15) is 8.42 Å². The highest BCUT2D eigenvalue weighted by molar-refractivity contribution is 7.92. The van der Waals surface area contributed by atoms with Crippen molar-refractivity contribution in [1.29, 1.82) is 0 Å². The first-order chi connectivity index (χ1) is 7.75. The van der Waals surface area contributed by atoms with Gasteiger partial charge in [0.1, 0.15) is 11.4 Å². The molecular formula is C12H17NO3S. The van der Waals surface area contributed by atoms with Crippen molar-refractivity contribution >= 4 is 15.7 Å². The summed E-state index contributed by atoms with van der Waals surface area (Å²) in [5.74, 6) is 0.848. The fraction of sp³-hybridized carbons (Fsp3) is 0.500. The molecule has 1 aromatic rings. The predicted octanol–water partition coefficient (Wildman–Crippen LogP) is 2.16. The summed E-state index contributed by atoms with van der Waals surface area (Å²) in [7, 11) is -3.22. The summed E-state index contributed by atoms with van der Waals surface area (Å²) in [6.45, 7) is 4.11. The maximum atomic E-state index is 11.1. The Balaban J connectivity index is 2.28. The molecule has 1 aromatic carbocycles. The first kappa shape index (κ1) is 12.2. The van der Waals surface area contributed by atoms with Gasteiger partial charge in [-0.1, -0.05) is 0 Å². The number of aryl methyl sites for hydroxylation is 1. The van der Waals surface area contributed by atoms with Gasteiger partial charge in [-0.05, 0) is 50.5 Å². The van der Waals surface area contributed by atoms with Crippen molar-refractivity contribution in [1.82, 2.24) is 0 Å². The van der Waals surface area contributed by atoms with Gasteiger partial charge in [0.25, 0.3) is 0 Å². The minimum absolute atomic E-state index is 0.140. The summed E-state index contributed by atoms with van der Waals surface area (Å²) in [4.78, 5) is 0. The molecule has 17 heavy (non-hydrogen) atoms. The number of rotatable bonds is 2. The van der Waals surface area contributed by atoms with E-state index in [1.807, 2.05) is 12.1 Å². The van der Waals surface area contributed by atoms with Gasteiger partial charge >= 0.3 is 0 Å². The molecule has 5 heteroatoms. The molecule has 1 aliphatic rings. The summed E-state index contributed by atoms with van der Waals surface area (Å²) in [6.07, 6.45) is 2.98. The second-order valence-corrected chi connectivity index (χ2v) is 6.81. The van der Waals surface area contributed by atoms with Crippen LogP contribution in [-0.2, 0) is 16.4 Å². The molecule has 0 amide bonds. The minimum Gasteiger partial charge on any atom is -0.488 e. The third-order valence-corrected chi connectivity index (χ3v) is 3.35. The average molecular weight is 255 g/mol. The largest absolute Gasteiger partial charge is 0.488 e. The van der Waals surface area contributed by atoms with E-state index < -0.39 is 10.0 Å². The molecule has 4 nitrogen and oxygen atoms in total. The number of nitrogens with one attached hydrogen (secondary N) is 1. The van der Waals surface area contributed by atoms with Crippen LogP contribution in [0.2, 0.25) is 0 Å². The quantitative estimate of drug-likeness (QED) is 0.881. The highest BCUT2D eigenvalue weighted by atomic mass is 32.2. The van der Waals surface area contributed by atoms with Crippen molar-refractivity contribution in [3.05, 3.63) is 23.8 Å². The zero-order chi connectivity index (χ0) is 12.7. The molecule has 0 bridgehead atoms. The van der Waals surface area contributed by atoms with Crippen LogP contribution in [0.3, 0.4) is 0 Å². The van der Waals surface area contributed by atoms with Crippen LogP contribution in [0.25, 0.3) is 0 Å². The van der Waals surface area contributed by atoms with Crippen LogP contribution >= 0.6 is 0 Å². The Kier molecular flexibility index (Phi) is 2.81. The average Bonchev–Trinajstić information content (AvgIpc) is 2.15.